The van der Waals surface area contributed by atoms with Crippen molar-refractivity contribution in [3.63, 3.8) is 0 Å². The van der Waals surface area contributed by atoms with Gasteiger partial charge in [-0.25, -0.2) is 15.0 Å². The number of nitrogens with zero attached hydrogens (tertiary/aromatic N) is 4. The van der Waals surface area contributed by atoms with E-state index in [4.69, 9.17) is 19.4 Å². The topological polar surface area (TPSA) is 80.6 Å². The lowest BCUT2D eigenvalue weighted by atomic mass is 9.82. The Morgan fingerprint density at radius 1 is 1.03 bits per heavy atom. The molecule has 4 atom stereocenters. The van der Waals surface area contributed by atoms with Crippen LogP contribution in [0, 0.1) is 5.92 Å². The predicted octanol–water partition coefficient (Wildman–Crippen LogP) is 4.95. The zero-order valence-corrected chi connectivity index (χ0v) is 21.9. The van der Waals surface area contributed by atoms with E-state index in [1.807, 2.05) is 6.20 Å². The first-order chi connectivity index (χ1) is 18.2. The number of alkyl halides is 3. The SMILES string of the molecule is C[C@H](Cc1ncc2c(OC3C[C@H]4CC[C@@H](C3)N4C3COC3)ncc(C3CCC(O)CC3)c2n1)CC(F)(F)F. The van der Waals surface area contributed by atoms with E-state index in [9.17, 15) is 18.3 Å². The van der Waals surface area contributed by atoms with Gasteiger partial charge >= 0.3 is 6.18 Å². The van der Waals surface area contributed by atoms with Crippen LogP contribution in [0.4, 0.5) is 13.2 Å². The van der Waals surface area contributed by atoms with Gasteiger partial charge in [0.1, 0.15) is 11.9 Å². The lowest BCUT2D eigenvalue weighted by Gasteiger charge is -2.46. The van der Waals surface area contributed by atoms with Crippen molar-refractivity contribution in [2.45, 2.75) is 114 Å². The van der Waals surface area contributed by atoms with Gasteiger partial charge in [0.05, 0.1) is 36.3 Å². The molecular formula is C28H37F3N4O3. The number of aromatic nitrogens is 3. The van der Waals surface area contributed by atoms with Crippen LogP contribution in [0.5, 0.6) is 5.88 Å². The molecule has 2 aromatic heterocycles. The molecule has 1 aliphatic carbocycles. The largest absolute Gasteiger partial charge is 0.474 e. The van der Waals surface area contributed by atoms with E-state index in [0.717, 1.165) is 68.2 Å². The Bertz CT molecular complexity index is 1120. The Kier molecular flexibility index (Phi) is 7.24. The third-order valence-electron chi connectivity index (χ3n) is 8.98. The highest BCUT2D eigenvalue weighted by molar-refractivity contribution is 5.85. The molecule has 10 heteroatoms. The number of rotatable bonds is 7. The Morgan fingerprint density at radius 3 is 2.37 bits per heavy atom. The van der Waals surface area contributed by atoms with Crippen molar-refractivity contribution in [2.24, 2.45) is 5.92 Å². The molecule has 0 aromatic carbocycles. The van der Waals surface area contributed by atoms with E-state index in [2.05, 4.69) is 9.88 Å². The lowest BCUT2D eigenvalue weighted by molar-refractivity contribution is -0.143. The van der Waals surface area contributed by atoms with Gasteiger partial charge in [0, 0.05) is 42.9 Å². The second-order valence-corrected chi connectivity index (χ2v) is 11.9. The first-order valence-corrected chi connectivity index (χ1v) is 14.1. The summed E-state index contributed by atoms with van der Waals surface area (Å²) in [7, 11) is 0. The van der Waals surface area contributed by atoms with Crippen molar-refractivity contribution in [1.29, 1.82) is 0 Å². The number of piperidine rings is 1. The van der Waals surface area contributed by atoms with E-state index in [1.54, 1.807) is 13.1 Å². The van der Waals surface area contributed by atoms with Crippen molar-refractivity contribution in [3.05, 3.63) is 23.8 Å². The minimum absolute atomic E-state index is 0.0580. The van der Waals surface area contributed by atoms with Gasteiger partial charge in [-0.2, -0.15) is 13.2 Å². The van der Waals surface area contributed by atoms with E-state index < -0.39 is 18.5 Å². The molecule has 38 heavy (non-hydrogen) atoms. The molecule has 1 unspecified atom stereocenters. The van der Waals surface area contributed by atoms with Crippen molar-refractivity contribution in [2.75, 3.05) is 13.2 Å². The molecule has 208 valence electrons. The number of aliphatic hydroxyl groups excluding tert-OH is 1. The molecule has 3 saturated heterocycles. The van der Waals surface area contributed by atoms with Crippen LogP contribution in [0.2, 0.25) is 0 Å². The third-order valence-corrected chi connectivity index (χ3v) is 8.98. The maximum absolute atomic E-state index is 12.9. The van der Waals surface area contributed by atoms with Gasteiger partial charge in [-0.1, -0.05) is 6.92 Å². The maximum atomic E-state index is 12.9. The second-order valence-electron chi connectivity index (χ2n) is 11.9. The molecule has 0 spiro atoms. The number of pyridine rings is 1. The smallest absolute Gasteiger partial charge is 0.389 e. The maximum Gasteiger partial charge on any atom is 0.389 e. The van der Waals surface area contributed by atoms with Crippen molar-refractivity contribution in [1.82, 2.24) is 19.9 Å². The Balaban J connectivity index is 1.26. The van der Waals surface area contributed by atoms with Crippen molar-refractivity contribution in [3.8, 4) is 5.88 Å². The summed E-state index contributed by atoms with van der Waals surface area (Å²) in [6.45, 7) is 3.24. The number of fused-ring (bicyclic) bond motifs is 3. The molecule has 2 bridgehead atoms. The summed E-state index contributed by atoms with van der Waals surface area (Å²) in [6, 6.07) is 1.54. The van der Waals surface area contributed by atoms with Gasteiger partial charge in [-0.05, 0) is 63.2 Å². The molecule has 0 amide bonds. The Labute approximate surface area is 221 Å². The molecule has 6 rings (SSSR count). The van der Waals surface area contributed by atoms with Crippen LogP contribution in [0.25, 0.3) is 10.9 Å². The molecule has 0 radical (unpaired) electrons. The van der Waals surface area contributed by atoms with Crippen LogP contribution in [0.3, 0.4) is 0 Å². The van der Waals surface area contributed by atoms with Gasteiger partial charge in [-0.3, -0.25) is 4.90 Å². The van der Waals surface area contributed by atoms with Crippen LogP contribution in [0.1, 0.15) is 82.0 Å². The fourth-order valence-corrected chi connectivity index (χ4v) is 7.12. The average Bonchev–Trinajstić information content (AvgIpc) is 3.06. The minimum atomic E-state index is -4.21. The zero-order valence-electron chi connectivity index (χ0n) is 21.9. The lowest BCUT2D eigenvalue weighted by Crippen LogP contribution is -2.57. The highest BCUT2D eigenvalue weighted by Gasteiger charge is 2.46. The highest BCUT2D eigenvalue weighted by Crippen LogP contribution is 2.42. The normalized spacial score (nSPS) is 31.3. The minimum Gasteiger partial charge on any atom is -0.474 e. The molecule has 4 fully saturated rings. The molecule has 4 aliphatic rings. The number of halogens is 3. The first-order valence-electron chi connectivity index (χ1n) is 14.1. The third kappa shape index (κ3) is 5.49. The first kappa shape index (κ1) is 26.2. The van der Waals surface area contributed by atoms with E-state index >= 15 is 0 Å². The van der Waals surface area contributed by atoms with Gasteiger partial charge in [0.2, 0.25) is 5.88 Å². The molecular weight excluding hydrogens is 497 g/mol. The Morgan fingerprint density at radius 2 is 1.74 bits per heavy atom. The van der Waals surface area contributed by atoms with Gasteiger partial charge in [-0.15, -0.1) is 0 Å². The standard InChI is InChI=1S/C28H37F3N4O3/c1-16(11-28(29,30)31)8-25-32-13-24-26(34-25)23(17-2-6-21(36)7-3-17)12-33-27(24)38-22-9-18-4-5-19(10-22)35(18)20-14-37-15-20/h12-13,16-22,36H,2-11,14-15H2,1H3/t16-,17?,18-,19+,21?,22?/m1/s1. The summed E-state index contributed by atoms with van der Waals surface area (Å²) in [5.74, 6) is 0.512. The van der Waals surface area contributed by atoms with Crippen LogP contribution < -0.4 is 4.74 Å². The van der Waals surface area contributed by atoms with E-state index in [-0.39, 0.29) is 24.5 Å². The number of hydrogen-bond acceptors (Lipinski definition) is 7. The number of hydrogen-bond donors (Lipinski definition) is 1. The quantitative estimate of drug-likeness (QED) is 0.539. The van der Waals surface area contributed by atoms with Gasteiger partial charge in [0.15, 0.2) is 0 Å². The van der Waals surface area contributed by atoms with Gasteiger partial charge < -0.3 is 14.6 Å². The van der Waals surface area contributed by atoms with Crippen LogP contribution in [-0.2, 0) is 11.2 Å². The molecule has 1 N–H and O–H groups in total. The van der Waals surface area contributed by atoms with E-state index in [1.165, 1.54) is 12.8 Å². The molecule has 1 saturated carbocycles. The summed E-state index contributed by atoms with van der Waals surface area (Å²) < 4.78 is 50.8. The highest BCUT2D eigenvalue weighted by atomic mass is 19.4. The summed E-state index contributed by atoms with van der Waals surface area (Å²) in [5.41, 5.74) is 1.71. The van der Waals surface area contributed by atoms with Crippen molar-refractivity contribution < 1.29 is 27.8 Å². The summed E-state index contributed by atoms with van der Waals surface area (Å²) >= 11 is 0. The molecule has 3 aliphatic heterocycles. The molecule has 2 aromatic rings. The number of aliphatic hydroxyl groups is 1. The molecule has 7 nitrogen and oxygen atoms in total. The van der Waals surface area contributed by atoms with Crippen LogP contribution in [-0.4, -0.2) is 74.7 Å². The summed E-state index contributed by atoms with van der Waals surface area (Å²) in [4.78, 5) is 16.7. The van der Waals surface area contributed by atoms with E-state index in [0.29, 0.717) is 29.8 Å². The summed E-state index contributed by atoms with van der Waals surface area (Å²) in [5, 5.41) is 10.7. The second kappa shape index (κ2) is 10.5. The fourth-order valence-electron chi connectivity index (χ4n) is 7.12. The summed E-state index contributed by atoms with van der Waals surface area (Å²) in [6.07, 6.45) is 5.76. The zero-order chi connectivity index (χ0) is 26.4. The predicted molar refractivity (Wildman–Crippen MR) is 135 cm³/mol. The van der Waals surface area contributed by atoms with Gasteiger partial charge in [0.25, 0.3) is 0 Å². The number of ether oxygens (including phenoxy) is 2. The fraction of sp³-hybridized carbons (Fsp3) is 0.750. The Hall–Kier alpha value is -2.04. The van der Waals surface area contributed by atoms with Crippen LogP contribution in [0.15, 0.2) is 12.4 Å². The molecule has 5 heterocycles. The average molecular weight is 535 g/mol. The van der Waals surface area contributed by atoms with Crippen LogP contribution >= 0.6 is 0 Å². The van der Waals surface area contributed by atoms with Crippen molar-refractivity contribution >= 4 is 10.9 Å². The monoisotopic (exact) mass is 534 g/mol.